The smallest absolute Gasteiger partial charge is 0.196 e. The molecule has 3 aromatic rings. The van der Waals surface area contributed by atoms with Crippen molar-refractivity contribution in [2.45, 2.75) is 11.3 Å². The molecule has 1 atom stereocenters. The van der Waals surface area contributed by atoms with Crippen molar-refractivity contribution >= 4 is 35.0 Å². The lowest BCUT2D eigenvalue weighted by Gasteiger charge is -2.15. The Morgan fingerprint density at radius 2 is 1.93 bits per heavy atom. The van der Waals surface area contributed by atoms with Crippen LogP contribution in [0.25, 0.3) is 17.1 Å². The van der Waals surface area contributed by atoms with Gasteiger partial charge in [0.2, 0.25) is 0 Å². The Bertz CT molecular complexity index is 936. The number of aliphatic hydroxyl groups excluding tert-OH is 2. The van der Waals surface area contributed by atoms with Crippen LogP contribution in [-0.2, 0) is 0 Å². The lowest BCUT2D eigenvalue weighted by atomic mass is 10.2. The number of aliphatic hydroxyl groups is 2. The summed E-state index contributed by atoms with van der Waals surface area (Å²) in [5.41, 5.74) is 1.43. The van der Waals surface area contributed by atoms with Crippen LogP contribution >= 0.6 is 35.0 Å². The normalized spacial score (nSPS) is 12.2. The molecule has 27 heavy (non-hydrogen) atoms. The third kappa shape index (κ3) is 4.56. The molecule has 0 aliphatic carbocycles. The van der Waals surface area contributed by atoms with Crippen LogP contribution in [0.15, 0.2) is 47.6 Å². The number of ether oxygens (including phenoxy) is 1. The maximum absolute atomic E-state index is 9.69. The molecule has 6 nitrogen and oxygen atoms in total. The number of nitrogens with zero attached hydrogens (tertiary/aromatic N) is 3. The molecule has 0 radical (unpaired) electrons. The predicted molar refractivity (Wildman–Crippen MR) is 107 cm³/mol. The minimum atomic E-state index is -0.865. The van der Waals surface area contributed by atoms with E-state index in [1.54, 1.807) is 42.0 Å². The van der Waals surface area contributed by atoms with E-state index in [4.69, 9.17) is 33.0 Å². The highest BCUT2D eigenvalue weighted by molar-refractivity contribution is 7.99. The van der Waals surface area contributed by atoms with E-state index in [9.17, 15) is 5.11 Å². The minimum Gasteiger partial charge on any atom is -0.495 e. The predicted octanol–water partition coefficient (Wildman–Crippen LogP) is 3.70. The second-order valence-corrected chi connectivity index (χ2v) is 7.48. The van der Waals surface area contributed by atoms with Gasteiger partial charge in [0.05, 0.1) is 25.5 Å². The van der Waals surface area contributed by atoms with Crippen molar-refractivity contribution < 1.29 is 14.9 Å². The van der Waals surface area contributed by atoms with Gasteiger partial charge >= 0.3 is 0 Å². The minimum absolute atomic E-state index is 0.257. The van der Waals surface area contributed by atoms with Crippen LogP contribution < -0.4 is 4.74 Å². The first-order chi connectivity index (χ1) is 13.0. The van der Waals surface area contributed by atoms with Gasteiger partial charge in [-0.15, -0.1) is 10.2 Å². The summed E-state index contributed by atoms with van der Waals surface area (Å²) in [7, 11) is 1.57. The molecule has 0 aliphatic rings. The summed E-state index contributed by atoms with van der Waals surface area (Å²) in [6.45, 7) is -0.331. The maximum Gasteiger partial charge on any atom is 0.196 e. The highest BCUT2D eigenvalue weighted by Crippen LogP contribution is 2.34. The van der Waals surface area contributed by atoms with Crippen molar-refractivity contribution in [1.82, 2.24) is 14.8 Å². The van der Waals surface area contributed by atoms with Gasteiger partial charge in [-0.2, -0.15) is 0 Å². The first-order valence-corrected chi connectivity index (χ1v) is 9.74. The highest BCUT2D eigenvalue weighted by Gasteiger charge is 2.20. The van der Waals surface area contributed by atoms with Crippen LogP contribution in [0.2, 0.25) is 10.0 Å². The zero-order valence-electron chi connectivity index (χ0n) is 14.3. The van der Waals surface area contributed by atoms with E-state index < -0.39 is 6.10 Å². The lowest BCUT2D eigenvalue weighted by Crippen LogP contribution is -2.15. The van der Waals surface area contributed by atoms with Crippen molar-refractivity contribution in [1.29, 1.82) is 0 Å². The Morgan fingerprint density at radius 1 is 1.15 bits per heavy atom. The number of thioether (sulfide) groups is 1. The first-order valence-electron chi connectivity index (χ1n) is 8.00. The molecule has 9 heteroatoms. The topological polar surface area (TPSA) is 80.4 Å². The summed E-state index contributed by atoms with van der Waals surface area (Å²) in [6, 6.07) is 12.5. The average molecular weight is 426 g/mol. The highest BCUT2D eigenvalue weighted by atomic mass is 35.5. The van der Waals surface area contributed by atoms with Crippen molar-refractivity contribution in [2.24, 2.45) is 0 Å². The van der Waals surface area contributed by atoms with Gasteiger partial charge in [0.25, 0.3) is 0 Å². The number of benzene rings is 2. The summed E-state index contributed by atoms with van der Waals surface area (Å²) < 4.78 is 7.28. The van der Waals surface area contributed by atoms with Crippen molar-refractivity contribution in [3.8, 4) is 22.8 Å². The second kappa shape index (κ2) is 8.95. The first kappa shape index (κ1) is 20.0. The van der Waals surface area contributed by atoms with Gasteiger partial charge in [-0.25, -0.2) is 0 Å². The third-order valence-corrected chi connectivity index (χ3v) is 5.26. The summed E-state index contributed by atoms with van der Waals surface area (Å²) in [5, 5.41) is 29.0. The zero-order chi connectivity index (χ0) is 19.4. The molecule has 2 N–H and O–H groups in total. The SMILES string of the molecule is COc1ccc(Cl)cc1-n1c(SCC(O)CO)nnc1-c1cccc(Cl)c1. The molecular weight excluding hydrogens is 409 g/mol. The quantitative estimate of drug-likeness (QED) is 0.561. The maximum atomic E-state index is 9.69. The fourth-order valence-electron chi connectivity index (χ4n) is 2.46. The Kier molecular flexibility index (Phi) is 6.62. The van der Waals surface area contributed by atoms with E-state index >= 15 is 0 Å². The van der Waals surface area contributed by atoms with Crippen LogP contribution in [0, 0.1) is 0 Å². The summed E-state index contributed by atoms with van der Waals surface area (Å²) in [6.07, 6.45) is -0.865. The summed E-state index contributed by atoms with van der Waals surface area (Å²) >= 11 is 13.6. The van der Waals surface area contributed by atoms with E-state index in [0.717, 1.165) is 5.56 Å². The van der Waals surface area contributed by atoms with Crippen LogP contribution in [0.4, 0.5) is 0 Å². The molecule has 3 rings (SSSR count). The van der Waals surface area contributed by atoms with E-state index in [0.29, 0.717) is 32.5 Å². The number of halogens is 2. The molecule has 0 bridgehead atoms. The molecule has 0 spiro atoms. The average Bonchev–Trinajstić information content (AvgIpc) is 3.09. The lowest BCUT2D eigenvalue weighted by molar-refractivity contribution is 0.113. The standard InChI is InChI=1S/C18H17Cl2N3O3S/c1-26-16-6-5-13(20)8-15(16)23-17(11-3-2-4-12(19)7-11)21-22-18(23)27-10-14(25)9-24/h2-8,14,24-25H,9-10H2,1H3. The third-order valence-electron chi connectivity index (χ3n) is 3.71. The number of rotatable bonds is 7. The number of hydrogen-bond donors (Lipinski definition) is 2. The van der Waals surface area contributed by atoms with E-state index in [1.165, 1.54) is 11.8 Å². The zero-order valence-corrected chi connectivity index (χ0v) is 16.7. The van der Waals surface area contributed by atoms with Gasteiger partial charge in [0.1, 0.15) is 5.75 Å². The Morgan fingerprint density at radius 3 is 2.63 bits per heavy atom. The van der Waals surface area contributed by atoms with Crippen molar-refractivity contribution in [3.63, 3.8) is 0 Å². The molecule has 2 aromatic carbocycles. The molecule has 1 heterocycles. The Labute approximate surface area is 170 Å². The summed E-state index contributed by atoms with van der Waals surface area (Å²) in [4.78, 5) is 0. The van der Waals surface area contributed by atoms with Gasteiger partial charge in [-0.1, -0.05) is 47.1 Å². The van der Waals surface area contributed by atoms with Gasteiger partial charge in [-0.05, 0) is 30.3 Å². The molecule has 0 fully saturated rings. The molecule has 0 saturated heterocycles. The molecule has 1 unspecified atom stereocenters. The molecule has 0 amide bonds. The monoisotopic (exact) mass is 425 g/mol. The van der Waals surface area contributed by atoms with Crippen LogP contribution in [-0.4, -0.2) is 50.6 Å². The van der Waals surface area contributed by atoms with E-state index in [-0.39, 0.29) is 12.4 Å². The van der Waals surface area contributed by atoms with Crippen LogP contribution in [0.5, 0.6) is 5.75 Å². The van der Waals surface area contributed by atoms with Gasteiger partial charge in [-0.3, -0.25) is 4.57 Å². The Hall–Kier alpha value is -1.77. The molecule has 0 aliphatic heterocycles. The largest absolute Gasteiger partial charge is 0.495 e. The van der Waals surface area contributed by atoms with Gasteiger partial charge in [0.15, 0.2) is 11.0 Å². The fraction of sp³-hybridized carbons (Fsp3) is 0.222. The molecule has 0 saturated carbocycles. The molecule has 142 valence electrons. The van der Waals surface area contributed by atoms with Gasteiger partial charge < -0.3 is 14.9 Å². The van der Waals surface area contributed by atoms with E-state index in [2.05, 4.69) is 10.2 Å². The van der Waals surface area contributed by atoms with Gasteiger partial charge in [0, 0.05) is 21.4 Å². The number of hydrogen-bond acceptors (Lipinski definition) is 6. The van der Waals surface area contributed by atoms with Crippen molar-refractivity contribution in [3.05, 3.63) is 52.5 Å². The number of aromatic nitrogens is 3. The number of methoxy groups -OCH3 is 1. The second-order valence-electron chi connectivity index (χ2n) is 5.62. The van der Waals surface area contributed by atoms with E-state index in [1.807, 2.05) is 12.1 Å². The van der Waals surface area contributed by atoms with Crippen molar-refractivity contribution in [2.75, 3.05) is 19.5 Å². The molecular formula is C18H17Cl2N3O3S. The fourth-order valence-corrected chi connectivity index (χ4v) is 3.67. The summed E-state index contributed by atoms with van der Waals surface area (Å²) in [5.74, 6) is 1.40. The molecule has 1 aromatic heterocycles. The Balaban J connectivity index is 2.16. The van der Waals surface area contributed by atoms with Crippen LogP contribution in [0.3, 0.4) is 0 Å². The van der Waals surface area contributed by atoms with Crippen LogP contribution in [0.1, 0.15) is 0 Å².